The van der Waals surface area contributed by atoms with Crippen LogP contribution in [0.5, 0.6) is 5.88 Å². The second-order valence-corrected chi connectivity index (χ2v) is 10.4. The van der Waals surface area contributed by atoms with Crippen molar-refractivity contribution in [2.24, 2.45) is 11.7 Å². The fourth-order valence-electron chi connectivity index (χ4n) is 3.82. The largest absolute Gasteiger partial charge is 0.478 e. The first-order chi connectivity index (χ1) is 18.0. The van der Waals surface area contributed by atoms with Gasteiger partial charge in [0.2, 0.25) is 11.8 Å². The summed E-state index contributed by atoms with van der Waals surface area (Å²) in [7, 11) is 0. The van der Waals surface area contributed by atoms with E-state index < -0.39 is 52.8 Å². The molecule has 0 spiro atoms. The number of benzene rings is 1. The van der Waals surface area contributed by atoms with E-state index in [-0.39, 0.29) is 36.7 Å². The van der Waals surface area contributed by atoms with Gasteiger partial charge in [-0.15, -0.1) is 11.8 Å². The minimum atomic E-state index is -1.31. The van der Waals surface area contributed by atoms with Crippen LogP contribution in [0.25, 0.3) is 0 Å². The maximum Gasteiger partial charge on any atom is 0.345 e. The number of nitrogens with one attached hydrogen (secondary N) is 1. The topological polar surface area (TPSA) is 135 Å². The van der Waals surface area contributed by atoms with Gasteiger partial charge in [-0.05, 0) is 23.6 Å². The van der Waals surface area contributed by atoms with Crippen molar-refractivity contribution in [3.8, 4) is 5.88 Å². The molecule has 9 nitrogen and oxygen atoms in total. The van der Waals surface area contributed by atoms with Crippen molar-refractivity contribution in [2.75, 3.05) is 12.3 Å². The van der Waals surface area contributed by atoms with Gasteiger partial charge < -0.3 is 25.8 Å². The van der Waals surface area contributed by atoms with Crippen LogP contribution >= 0.6 is 11.8 Å². The number of aromatic nitrogens is 1. The smallest absolute Gasteiger partial charge is 0.345 e. The summed E-state index contributed by atoms with van der Waals surface area (Å²) in [4.78, 5) is 42.4. The Morgan fingerprint density at radius 2 is 1.92 bits per heavy atom. The van der Waals surface area contributed by atoms with E-state index in [4.69, 9.17) is 10.5 Å². The van der Waals surface area contributed by atoms with E-state index in [2.05, 4.69) is 10.3 Å². The predicted octanol–water partition coefficient (Wildman–Crippen LogP) is 2.46. The van der Waals surface area contributed by atoms with Crippen molar-refractivity contribution in [3.63, 3.8) is 0 Å². The number of carboxylic acids is 1. The summed E-state index contributed by atoms with van der Waals surface area (Å²) in [6, 6.07) is 3.45. The van der Waals surface area contributed by atoms with Crippen molar-refractivity contribution in [2.45, 2.75) is 50.8 Å². The van der Waals surface area contributed by atoms with Gasteiger partial charge in [-0.1, -0.05) is 19.9 Å². The Balaban J connectivity index is 1.52. The number of carbonyl (C=O) groups excluding carboxylic acids is 2. The number of nitrogens with zero attached hydrogens (tertiary/aromatic N) is 2. The molecule has 2 aromatic rings. The molecule has 2 amide bonds. The number of thioether (sulfide) groups is 1. The number of carboxylic acid groups (broad SMARTS) is 1. The highest BCUT2D eigenvalue weighted by Gasteiger charge is 2.35. The number of carbonyl (C=O) groups is 3. The molecule has 0 saturated carbocycles. The molecule has 2 heterocycles. The van der Waals surface area contributed by atoms with E-state index in [1.54, 1.807) is 19.9 Å². The third kappa shape index (κ3) is 7.60. The average Bonchev–Trinajstić information content (AvgIpc) is 3.35. The number of hydrogen-bond acceptors (Lipinski definition) is 7. The Hall–Kier alpha value is -3.32. The van der Waals surface area contributed by atoms with E-state index in [9.17, 15) is 32.7 Å². The van der Waals surface area contributed by atoms with Crippen LogP contribution in [0.4, 0.5) is 13.2 Å². The second kappa shape index (κ2) is 13.0. The first kappa shape index (κ1) is 29.2. The third-order valence-electron chi connectivity index (χ3n) is 5.80. The molecule has 3 rings (SSSR count). The zero-order chi connectivity index (χ0) is 28.0. The highest BCUT2D eigenvalue weighted by molar-refractivity contribution is 8.00. The Kier molecular flexibility index (Phi) is 9.97. The van der Waals surface area contributed by atoms with Gasteiger partial charge in [-0.2, -0.15) is 0 Å². The third-order valence-corrected chi connectivity index (χ3v) is 7.01. The number of hydrogen-bond donors (Lipinski definition) is 3. The molecular formula is C25H29F3N4O5S. The summed E-state index contributed by atoms with van der Waals surface area (Å²) < 4.78 is 45.9. The molecule has 0 aliphatic carbocycles. The number of ether oxygens (including phenoxy) is 1. The van der Waals surface area contributed by atoms with Crippen LogP contribution in [0, 0.1) is 23.4 Å². The fourth-order valence-corrected chi connectivity index (χ4v) is 4.99. The summed E-state index contributed by atoms with van der Waals surface area (Å²) in [5.41, 5.74) is 6.48. The lowest BCUT2D eigenvalue weighted by Gasteiger charge is -2.24. The second-order valence-electron chi connectivity index (χ2n) is 9.18. The number of aliphatic carboxylic acids is 1. The molecule has 1 saturated heterocycles. The maximum absolute atomic E-state index is 13.9. The molecule has 38 heavy (non-hydrogen) atoms. The normalized spacial score (nSPS) is 16.8. The number of pyridine rings is 1. The first-order valence-corrected chi connectivity index (χ1v) is 12.9. The van der Waals surface area contributed by atoms with Crippen LogP contribution in [-0.4, -0.2) is 62.6 Å². The van der Waals surface area contributed by atoms with Crippen molar-refractivity contribution in [1.29, 1.82) is 0 Å². The fraction of sp³-hybridized carbons (Fsp3) is 0.440. The first-order valence-electron chi connectivity index (χ1n) is 11.9. The van der Waals surface area contributed by atoms with E-state index in [1.165, 1.54) is 28.9 Å². The Morgan fingerprint density at radius 3 is 2.55 bits per heavy atom. The van der Waals surface area contributed by atoms with Crippen molar-refractivity contribution >= 4 is 29.5 Å². The average molecular weight is 555 g/mol. The summed E-state index contributed by atoms with van der Waals surface area (Å²) >= 11 is 1.28. The molecule has 1 fully saturated rings. The number of halogens is 3. The predicted molar refractivity (Wildman–Crippen MR) is 134 cm³/mol. The van der Waals surface area contributed by atoms with E-state index in [0.717, 1.165) is 6.07 Å². The minimum absolute atomic E-state index is 0.118. The highest BCUT2D eigenvalue weighted by Crippen LogP contribution is 2.25. The van der Waals surface area contributed by atoms with Crippen LogP contribution in [0.3, 0.4) is 0 Å². The lowest BCUT2D eigenvalue weighted by molar-refractivity contribution is -0.147. The van der Waals surface area contributed by atoms with Crippen LogP contribution in [-0.2, 0) is 27.3 Å². The quantitative estimate of drug-likeness (QED) is 0.361. The van der Waals surface area contributed by atoms with Gasteiger partial charge in [-0.3, -0.25) is 9.59 Å². The molecule has 1 aromatic carbocycles. The number of nitrogens with two attached hydrogens (primary N) is 1. The molecule has 0 unspecified atom stereocenters. The summed E-state index contributed by atoms with van der Waals surface area (Å²) in [6.45, 7) is 3.88. The molecule has 1 aromatic heterocycles. The molecular weight excluding hydrogens is 525 g/mol. The SMILES string of the molecule is CC(C)[C@@H](Oc1ccc(CNC(=O)[C@@H]2SCCN2C(=O)C[C@H](N)Cc2cc(F)c(F)cc2F)cn1)C(=O)O. The number of amides is 2. The van der Waals surface area contributed by atoms with Crippen molar-refractivity contribution in [3.05, 3.63) is 59.0 Å². The molecule has 1 aliphatic rings. The zero-order valence-corrected chi connectivity index (χ0v) is 21.6. The Labute approximate surface area is 221 Å². The van der Waals surface area contributed by atoms with E-state index in [1.807, 2.05) is 0 Å². The standard InChI is InChI=1S/C25H29F3N4O5S/c1-13(2)22(25(35)36)37-20-4-3-14(11-30-20)12-31-23(34)24-32(5-6-38-24)21(33)9-16(29)7-15-8-18(27)19(28)10-17(15)26/h3-4,8,10-11,13,16,22,24H,5-7,9,12,29H2,1-2H3,(H,31,34)(H,35,36)/t16-,22-,24+/m1/s1. The molecule has 3 atom stereocenters. The van der Waals surface area contributed by atoms with Gasteiger partial charge in [0, 0.05) is 55.6 Å². The molecule has 0 radical (unpaired) electrons. The number of rotatable bonds is 11. The van der Waals surface area contributed by atoms with E-state index >= 15 is 0 Å². The van der Waals surface area contributed by atoms with Crippen LogP contribution in [0.1, 0.15) is 31.4 Å². The molecule has 4 N–H and O–H groups in total. The summed E-state index contributed by atoms with van der Waals surface area (Å²) in [5.74, 6) is -4.94. The highest BCUT2D eigenvalue weighted by atomic mass is 32.2. The molecule has 13 heteroatoms. The maximum atomic E-state index is 13.9. The van der Waals surface area contributed by atoms with Crippen molar-refractivity contribution in [1.82, 2.24) is 15.2 Å². The van der Waals surface area contributed by atoms with Gasteiger partial charge in [0.15, 0.2) is 23.1 Å². The van der Waals surface area contributed by atoms with Crippen LogP contribution in [0.15, 0.2) is 30.5 Å². The van der Waals surface area contributed by atoms with Crippen molar-refractivity contribution < 1.29 is 37.4 Å². The molecule has 206 valence electrons. The minimum Gasteiger partial charge on any atom is -0.478 e. The molecule has 0 bridgehead atoms. The summed E-state index contributed by atoms with van der Waals surface area (Å²) in [6.07, 6.45) is 0.0293. The van der Waals surface area contributed by atoms with Gasteiger partial charge in [0.25, 0.3) is 5.91 Å². The van der Waals surface area contributed by atoms with Crippen LogP contribution in [0.2, 0.25) is 0 Å². The van der Waals surface area contributed by atoms with Gasteiger partial charge in [-0.25, -0.2) is 22.9 Å². The Bertz CT molecular complexity index is 1170. The van der Waals surface area contributed by atoms with Gasteiger partial charge in [0.1, 0.15) is 5.82 Å². The van der Waals surface area contributed by atoms with E-state index in [0.29, 0.717) is 23.9 Å². The molecule has 1 aliphatic heterocycles. The monoisotopic (exact) mass is 554 g/mol. The lowest BCUT2D eigenvalue weighted by Crippen LogP contribution is -2.46. The van der Waals surface area contributed by atoms with Crippen LogP contribution < -0.4 is 15.8 Å². The zero-order valence-electron chi connectivity index (χ0n) is 20.8. The van der Waals surface area contributed by atoms with Gasteiger partial charge in [0.05, 0.1) is 0 Å². The lowest BCUT2D eigenvalue weighted by atomic mass is 10.0. The van der Waals surface area contributed by atoms with Gasteiger partial charge >= 0.3 is 5.97 Å². The Morgan fingerprint density at radius 1 is 1.21 bits per heavy atom. The summed E-state index contributed by atoms with van der Waals surface area (Å²) in [5, 5.41) is 11.2.